The first-order valence-corrected chi connectivity index (χ1v) is 13.1. The van der Waals surface area contributed by atoms with E-state index in [1.807, 2.05) is 53.9 Å². The first-order chi connectivity index (χ1) is 18.0. The Kier molecular flexibility index (Phi) is 7.37. The third kappa shape index (κ3) is 5.44. The Balaban J connectivity index is 1.46. The van der Waals surface area contributed by atoms with E-state index < -0.39 is 23.8 Å². The summed E-state index contributed by atoms with van der Waals surface area (Å²) in [6, 6.07) is 27.4. The van der Waals surface area contributed by atoms with Crippen molar-refractivity contribution in [2.24, 2.45) is 17.5 Å². The van der Waals surface area contributed by atoms with Gasteiger partial charge in [0.05, 0.1) is 17.2 Å². The summed E-state index contributed by atoms with van der Waals surface area (Å²) in [4.78, 5) is 31.0. The van der Waals surface area contributed by atoms with Crippen LogP contribution in [0.2, 0.25) is 0 Å². The molecule has 2 amide bonds. The van der Waals surface area contributed by atoms with E-state index in [-0.39, 0.29) is 6.42 Å². The van der Waals surface area contributed by atoms with Gasteiger partial charge >= 0.3 is 0 Å². The molecule has 0 spiro atoms. The van der Waals surface area contributed by atoms with Gasteiger partial charge in [0.2, 0.25) is 5.91 Å². The molecule has 0 fully saturated rings. The van der Waals surface area contributed by atoms with Crippen LogP contribution in [0.5, 0.6) is 0 Å². The molecular formula is C30H28N4O2S. The molecule has 1 atom stereocenters. The number of fused-ring (bicyclic) bond motifs is 2. The maximum atomic E-state index is 13.8. The number of benzene rings is 4. The van der Waals surface area contributed by atoms with Crippen LogP contribution in [0.3, 0.4) is 0 Å². The first-order valence-electron chi connectivity index (χ1n) is 12.2. The van der Waals surface area contributed by atoms with Crippen molar-refractivity contribution in [2.45, 2.75) is 25.3 Å². The van der Waals surface area contributed by atoms with Crippen molar-refractivity contribution >= 4 is 44.7 Å². The minimum absolute atomic E-state index is 0.223. The van der Waals surface area contributed by atoms with Gasteiger partial charge in [0.15, 0.2) is 0 Å². The molecule has 0 aliphatic carbocycles. The van der Waals surface area contributed by atoms with Crippen LogP contribution in [0.25, 0.3) is 21.5 Å². The van der Waals surface area contributed by atoms with Crippen LogP contribution in [-0.2, 0) is 28.9 Å². The Morgan fingerprint density at radius 2 is 1.30 bits per heavy atom. The summed E-state index contributed by atoms with van der Waals surface area (Å²) in [5, 5.41) is 6.91. The van der Waals surface area contributed by atoms with Crippen LogP contribution in [0.15, 0.2) is 95.8 Å². The maximum absolute atomic E-state index is 13.8. The molecule has 0 aliphatic heterocycles. The van der Waals surface area contributed by atoms with Gasteiger partial charge in [0.25, 0.3) is 5.91 Å². The number of hydrazine groups is 1. The van der Waals surface area contributed by atoms with Crippen molar-refractivity contribution in [3.63, 3.8) is 0 Å². The number of hydrogen-bond donors (Lipinski definition) is 2. The van der Waals surface area contributed by atoms with E-state index >= 15 is 0 Å². The van der Waals surface area contributed by atoms with Crippen LogP contribution in [0, 0.1) is 5.92 Å². The van der Waals surface area contributed by atoms with E-state index in [0.717, 1.165) is 37.7 Å². The van der Waals surface area contributed by atoms with Gasteiger partial charge in [-0.05, 0) is 45.5 Å². The predicted molar refractivity (Wildman–Crippen MR) is 149 cm³/mol. The lowest BCUT2D eigenvalue weighted by Crippen LogP contribution is -2.53. The third-order valence-electron chi connectivity index (χ3n) is 6.75. The lowest BCUT2D eigenvalue weighted by molar-refractivity contribution is -0.148. The molecule has 7 heteroatoms. The van der Waals surface area contributed by atoms with E-state index in [9.17, 15) is 9.59 Å². The minimum Gasteiger partial charge on any atom is -0.320 e. The molecule has 1 aromatic heterocycles. The topological polar surface area (TPSA) is 102 Å². The Morgan fingerprint density at radius 3 is 1.84 bits per heavy atom. The second-order valence-electron chi connectivity index (χ2n) is 9.22. The molecule has 0 aliphatic rings. The van der Waals surface area contributed by atoms with Crippen LogP contribution in [-0.4, -0.2) is 27.8 Å². The molecule has 5 rings (SSSR count). The fourth-order valence-electron chi connectivity index (χ4n) is 4.85. The van der Waals surface area contributed by atoms with Gasteiger partial charge in [-0.3, -0.25) is 9.59 Å². The summed E-state index contributed by atoms with van der Waals surface area (Å²) in [6.45, 7) is 0. The fraction of sp³-hybridized carbons (Fsp3) is 0.167. The Hall–Kier alpha value is -3.91. The molecule has 4 aromatic carbocycles. The second-order valence-corrected chi connectivity index (χ2v) is 9.94. The van der Waals surface area contributed by atoms with Gasteiger partial charge in [0.1, 0.15) is 0 Å². The number of amides is 2. The molecule has 4 N–H and O–H groups in total. The number of rotatable bonds is 8. The minimum atomic E-state index is -0.952. The number of hydrogen-bond acceptors (Lipinski definition) is 6. The molecule has 0 saturated carbocycles. The average Bonchev–Trinajstić information content (AvgIpc) is 3.45. The van der Waals surface area contributed by atoms with Gasteiger partial charge in [-0.2, -0.15) is 0 Å². The predicted octanol–water partition coefficient (Wildman–Crippen LogP) is 4.65. The van der Waals surface area contributed by atoms with Crippen LogP contribution >= 0.6 is 11.3 Å². The normalized spacial score (nSPS) is 12.2. The summed E-state index contributed by atoms with van der Waals surface area (Å²) in [7, 11) is 0. The van der Waals surface area contributed by atoms with Crippen LogP contribution in [0.4, 0.5) is 0 Å². The van der Waals surface area contributed by atoms with Gasteiger partial charge in [-0.1, -0.05) is 84.9 Å². The van der Waals surface area contributed by atoms with E-state index in [1.165, 1.54) is 11.3 Å². The highest BCUT2D eigenvalue weighted by atomic mass is 32.1. The van der Waals surface area contributed by atoms with Gasteiger partial charge in [-0.25, -0.2) is 15.8 Å². The molecule has 6 nitrogen and oxygen atoms in total. The Morgan fingerprint density at radius 1 is 0.757 bits per heavy atom. The molecule has 1 heterocycles. The number of nitrogens with zero attached hydrogens (tertiary/aromatic N) is 2. The first kappa shape index (κ1) is 24.8. The highest BCUT2D eigenvalue weighted by Gasteiger charge is 2.31. The maximum Gasteiger partial charge on any atom is 0.260 e. The molecule has 1 unspecified atom stereocenters. The smallest absolute Gasteiger partial charge is 0.260 e. The SMILES string of the molecule is NC(Cc1cscn1)C(=O)N(N)C(=O)C(Cc1cccc2ccccc12)Cc1cccc2ccccc12. The molecule has 0 radical (unpaired) electrons. The zero-order valence-electron chi connectivity index (χ0n) is 20.3. The standard InChI is InChI=1S/C30H28N4O2S/c31-28(17-25-18-37-19-33-25)30(36)34(32)29(35)24(15-22-11-5-9-20-7-1-3-13-26(20)22)16-23-12-6-10-21-8-2-4-14-27(21)23/h1-14,18-19,24,28H,15-17,31-32H2. The Bertz CT molecular complexity index is 1460. The molecule has 0 saturated heterocycles. The lowest BCUT2D eigenvalue weighted by atomic mass is 9.87. The quantitative estimate of drug-likeness (QED) is 0.180. The monoisotopic (exact) mass is 508 g/mol. The van der Waals surface area contributed by atoms with Gasteiger partial charge < -0.3 is 5.73 Å². The number of carbonyl (C=O) groups excluding carboxylic acids is 2. The average molecular weight is 509 g/mol. The zero-order chi connectivity index (χ0) is 25.8. The highest BCUT2D eigenvalue weighted by molar-refractivity contribution is 7.07. The summed E-state index contributed by atoms with van der Waals surface area (Å²) in [5.74, 6) is 4.55. The van der Waals surface area contributed by atoms with Crippen molar-refractivity contribution in [2.75, 3.05) is 0 Å². The Labute approximate surface area is 219 Å². The summed E-state index contributed by atoms with van der Waals surface area (Å²) < 4.78 is 0. The molecule has 0 bridgehead atoms. The van der Waals surface area contributed by atoms with Crippen molar-refractivity contribution < 1.29 is 9.59 Å². The van der Waals surface area contributed by atoms with Gasteiger partial charge in [-0.15, -0.1) is 11.3 Å². The van der Waals surface area contributed by atoms with Crippen LogP contribution in [0.1, 0.15) is 16.8 Å². The van der Waals surface area contributed by atoms with Crippen molar-refractivity contribution in [1.82, 2.24) is 9.99 Å². The lowest BCUT2D eigenvalue weighted by Gasteiger charge is -2.25. The van der Waals surface area contributed by atoms with Crippen molar-refractivity contribution in [3.05, 3.63) is 113 Å². The number of carbonyl (C=O) groups is 2. The van der Waals surface area contributed by atoms with E-state index in [1.54, 1.807) is 5.51 Å². The summed E-state index contributed by atoms with van der Waals surface area (Å²) in [5.41, 5.74) is 10.6. The molecular weight excluding hydrogens is 480 g/mol. The number of imide groups is 1. The molecule has 37 heavy (non-hydrogen) atoms. The number of thiazole rings is 1. The fourth-order valence-corrected chi connectivity index (χ4v) is 5.42. The summed E-state index contributed by atoms with van der Waals surface area (Å²) in [6.07, 6.45) is 1.10. The molecule has 5 aromatic rings. The number of aromatic nitrogens is 1. The van der Waals surface area contributed by atoms with Crippen molar-refractivity contribution in [3.8, 4) is 0 Å². The largest absolute Gasteiger partial charge is 0.320 e. The van der Waals surface area contributed by atoms with Crippen LogP contribution < -0.4 is 11.6 Å². The third-order valence-corrected chi connectivity index (χ3v) is 7.38. The van der Waals surface area contributed by atoms with E-state index in [2.05, 4.69) is 41.4 Å². The van der Waals surface area contributed by atoms with Crippen molar-refractivity contribution in [1.29, 1.82) is 0 Å². The number of nitrogens with two attached hydrogens (primary N) is 2. The highest BCUT2D eigenvalue weighted by Crippen LogP contribution is 2.27. The molecule has 186 valence electrons. The summed E-state index contributed by atoms with van der Waals surface area (Å²) >= 11 is 1.43. The second kappa shape index (κ2) is 11.0. The van der Waals surface area contributed by atoms with E-state index in [4.69, 9.17) is 11.6 Å². The zero-order valence-corrected chi connectivity index (χ0v) is 21.1. The van der Waals surface area contributed by atoms with Gasteiger partial charge in [0, 0.05) is 17.7 Å². The van der Waals surface area contributed by atoms with E-state index in [0.29, 0.717) is 18.5 Å².